The van der Waals surface area contributed by atoms with Crippen LogP contribution in [0.1, 0.15) is 17.7 Å². The summed E-state index contributed by atoms with van der Waals surface area (Å²) in [4.78, 5) is 14.9. The minimum absolute atomic E-state index is 0.193. The summed E-state index contributed by atoms with van der Waals surface area (Å²) in [5.41, 5.74) is 0. The van der Waals surface area contributed by atoms with Crippen molar-refractivity contribution in [2.75, 3.05) is 13.7 Å². The third kappa shape index (κ3) is 3.79. The molecule has 1 atom stereocenters. The highest BCUT2D eigenvalue weighted by atomic mass is 79.9. The van der Waals surface area contributed by atoms with E-state index in [1.807, 2.05) is 0 Å². The highest BCUT2D eigenvalue weighted by Crippen LogP contribution is 2.30. The number of thiophene rings is 1. The van der Waals surface area contributed by atoms with Gasteiger partial charge in [0.25, 0.3) is 0 Å². The van der Waals surface area contributed by atoms with Crippen molar-refractivity contribution in [3.05, 3.63) is 22.4 Å². The van der Waals surface area contributed by atoms with Gasteiger partial charge in [0.15, 0.2) is 0 Å². The number of methoxy groups -OCH3 is 1. The summed E-state index contributed by atoms with van der Waals surface area (Å²) < 4.78 is 4.74. The number of halogens is 1. The fourth-order valence-electron chi connectivity index (χ4n) is 1.79. The van der Waals surface area contributed by atoms with Crippen LogP contribution in [0.3, 0.4) is 0 Å². The number of hydrogen-bond acceptors (Lipinski definition) is 4. The van der Waals surface area contributed by atoms with Crippen molar-refractivity contribution in [1.29, 1.82) is 0 Å². The summed E-state index contributed by atoms with van der Waals surface area (Å²) >= 11 is 5.16. The van der Waals surface area contributed by atoms with Crippen molar-refractivity contribution in [2.24, 2.45) is 0 Å². The van der Waals surface area contributed by atoms with Crippen LogP contribution in [0.15, 0.2) is 17.5 Å². The smallest absolute Gasteiger partial charge is 0.320 e. The molecule has 0 saturated heterocycles. The minimum Gasteiger partial charge on any atom is -0.468 e. The highest BCUT2D eigenvalue weighted by Gasteiger charge is 2.32. The second kappa shape index (κ2) is 5.98. The summed E-state index contributed by atoms with van der Waals surface area (Å²) in [6.45, 7) is 1.65. The van der Waals surface area contributed by atoms with E-state index in [4.69, 9.17) is 4.74 Å². The van der Waals surface area contributed by atoms with Crippen molar-refractivity contribution < 1.29 is 9.53 Å². The molecule has 17 heavy (non-hydrogen) atoms. The Hall–Kier alpha value is -0.390. The fourth-order valence-corrected chi connectivity index (χ4v) is 3.08. The zero-order chi connectivity index (χ0) is 12.3. The lowest BCUT2D eigenvalue weighted by Crippen LogP contribution is -2.35. The zero-order valence-electron chi connectivity index (χ0n) is 9.77. The molecule has 2 rings (SSSR count). The maximum atomic E-state index is 11.4. The third-order valence-corrected chi connectivity index (χ3v) is 4.38. The van der Waals surface area contributed by atoms with Crippen molar-refractivity contribution in [2.45, 2.75) is 30.3 Å². The molecule has 0 radical (unpaired) electrons. The first-order chi connectivity index (χ1) is 8.20. The summed E-state index contributed by atoms with van der Waals surface area (Å²) in [6, 6.07) is 4.85. The number of carbonyl (C=O) groups excluding carboxylic acids is 1. The van der Waals surface area contributed by atoms with Crippen molar-refractivity contribution in [3.63, 3.8) is 0 Å². The first kappa shape index (κ1) is 13.1. The van der Waals surface area contributed by atoms with Crippen LogP contribution in [0.5, 0.6) is 0 Å². The molecule has 1 aromatic heterocycles. The molecule has 1 fully saturated rings. The molecule has 1 aliphatic carbocycles. The Morgan fingerprint density at radius 2 is 2.47 bits per heavy atom. The van der Waals surface area contributed by atoms with E-state index in [0.717, 1.165) is 13.1 Å². The third-order valence-electron chi connectivity index (χ3n) is 2.85. The maximum absolute atomic E-state index is 11.4. The van der Waals surface area contributed by atoms with Gasteiger partial charge in [-0.1, -0.05) is 22.0 Å². The molecule has 1 unspecified atom stereocenters. The van der Waals surface area contributed by atoms with E-state index < -0.39 is 0 Å². The molecule has 1 aromatic rings. The van der Waals surface area contributed by atoms with Gasteiger partial charge in [0.05, 0.1) is 7.11 Å². The number of esters is 1. The molecule has 0 amide bonds. The maximum Gasteiger partial charge on any atom is 0.320 e. The minimum atomic E-state index is -0.229. The van der Waals surface area contributed by atoms with Crippen molar-refractivity contribution >= 4 is 33.2 Å². The van der Waals surface area contributed by atoms with Crippen LogP contribution < -0.4 is 0 Å². The monoisotopic (exact) mass is 317 g/mol. The van der Waals surface area contributed by atoms with Crippen LogP contribution in [0, 0.1) is 0 Å². The van der Waals surface area contributed by atoms with Crippen LogP contribution in [0.4, 0.5) is 0 Å². The summed E-state index contributed by atoms with van der Waals surface area (Å²) in [7, 11) is 1.43. The van der Waals surface area contributed by atoms with Gasteiger partial charge in [-0.15, -0.1) is 11.3 Å². The van der Waals surface area contributed by atoms with E-state index in [0.29, 0.717) is 6.04 Å². The molecule has 5 heteroatoms. The van der Waals surface area contributed by atoms with Gasteiger partial charge in [0.2, 0.25) is 0 Å². The normalized spacial score (nSPS) is 17.1. The molecule has 0 N–H and O–H groups in total. The summed E-state index contributed by atoms with van der Waals surface area (Å²) in [5, 5.41) is 2.09. The largest absolute Gasteiger partial charge is 0.468 e. The number of rotatable bonds is 6. The topological polar surface area (TPSA) is 29.5 Å². The second-order valence-corrected chi connectivity index (χ2v) is 6.37. The molecule has 0 spiro atoms. The lowest BCUT2D eigenvalue weighted by atomic mass is 10.3. The molecular weight excluding hydrogens is 302 g/mol. The van der Waals surface area contributed by atoms with Gasteiger partial charge in [-0.2, -0.15) is 0 Å². The molecule has 1 saturated carbocycles. The van der Waals surface area contributed by atoms with Gasteiger partial charge < -0.3 is 4.74 Å². The molecule has 1 heterocycles. The molecule has 1 aliphatic rings. The quantitative estimate of drug-likeness (QED) is 0.596. The van der Waals surface area contributed by atoms with Gasteiger partial charge >= 0.3 is 5.97 Å². The fraction of sp³-hybridized carbons (Fsp3) is 0.583. The molecule has 0 bridgehead atoms. The van der Waals surface area contributed by atoms with Gasteiger partial charge in [-0.25, -0.2) is 0 Å². The van der Waals surface area contributed by atoms with E-state index in [9.17, 15) is 4.79 Å². The summed E-state index contributed by atoms with van der Waals surface area (Å²) in [6.07, 6.45) is 2.48. The van der Waals surface area contributed by atoms with Crippen LogP contribution in [-0.4, -0.2) is 35.4 Å². The zero-order valence-corrected chi connectivity index (χ0v) is 12.2. The van der Waals surface area contributed by atoms with Gasteiger partial charge in [0, 0.05) is 24.0 Å². The van der Waals surface area contributed by atoms with E-state index in [-0.39, 0.29) is 10.8 Å². The Morgan fingerprint density at radius 1 is 1.71 bits per heavy atom. The van der Waals surface area contributed by atoms with Crippen LogP contribution in [0.25, 0.3) is 0 Å². The Labute approximate surface area is 114 Å². The SMILES string of the molecule is COC(=O)C(Br)CN(Cc1cccs1)C1CC1. The predicted molar refractivity (Wildman–Crippen MR) is 72.5 cm³/mol. The van der Waals surface area contributed by atoms with Gasteiger partial charge in [-0.05, 0) is 24.3 Å². The van der Waals surface area contributed by atoms with Crippen molar-refractivity contribution in [1.82, 2.24) is 4.90 Å². The highest BCUT2D eigenvalue weighted by molar-refractivity contribution is 9.10. The molecule has 0 aromatic carbocycles. The Morgan fingerprint density at radius 3 is 3.00 bits per heavy atom. The van der Waals surface area contributed by atoms with Crippen LogP contribution in [-0.2, 0) is 16.1 Å². The van der Waals surface area contributed by atoms with Gasteiger partial charge in [-0.3, -0.25) is 9.69 Å². The lowest BCUT2D eigenvalue weighted by Gasteiger charge is -2.23. The summed E-state index contributed by atoms with van der Waals surface area (Å²) in [5.74, 6) is -0.193. The van der Waals surface area contributed by atoms with E-state index >= 15 is 0 Å². The molecular formula is C12H16BrNO2S. The van der Waals surface area contributed by atoms with E-state index in [1.54, 1.807) is 11.3 Å². The Kier molecular flexibility index (Phi) is 4.59. The number of hydrogen-bond donors (Lipinski definition) is 0. The first-order valence-electron chi connectivity index (χ1n) is 5.69. The van der Waals surface area contributed by atoms with Crippen molar-refractivity contribution in [3.8, 4) is 0 Å². The number of alkyl halides is 1. The number of ether oxygens (including phenoxy) is 1. The number of nitrogens with zero attached hydrogens (tertiary/aromatic N) is 1. The Bertz CT molecular complexity index is 365. The van der Waals surface area contributed by atoms with Crippen LogP contribution >= 0.6 is 27.3 Å². The van der Waals surface area contributed by atoms with E-state index in [1.165, 1.54) is 24.8 Å². The van der Waals surface area contributed by atoms with E-state index in [2.05, 4.69) is 38.3 Å². The molecule has 3 nitrogen and oxygen atoms in total. The molecule has 0 aliphatic heterocycles. The number of carbonyl (C=O) groups is 1. The first-order valence-corrected chi connectivity index (χ1v) is 7.48. The lowest BCUT2D eigenvalue weighted by molar-refractivity contribution is -0.140. The predicted octanol–water partition coefficient (Wildman–Crippen LogP) is 2.65. The average Bonchev–Trinajstić information content (AvgIpc) is 3.06. The average molecular weight is 318 g/mol. The standard InChI is InChI=1S/C12H16BrNO2S/c1-16-12(15)11(13)8-14(9-4-5-9)7-10-3-2-6-17-10/h2-3,6,9,11H,4-5,7-8H2,1H3. The van der Waals surface area contributed by atoms with Crippen LogP contribution in [0.2, 0.25) is 0 Å². The Balaban J connectivity index is 1.91. The molecule has 94 valence electrons. The second-order valence-electron chi connectivity index (χ2n) is 4.23. The van der Waals surface area contributed by atoms with Gasteiger partial charge in [0.1, 0.15) is 4.83 Å².